The molecule has 1 saturated heterocycles. The van der Waals surface area contributed by atoms with Crippen molar-refractivity contribution in [2.24, 2.45) is 0 Å². The summed E-state index contributed by atoms with van der Waals surface area (Å²) in [4.78, 5) is 18.2. The van der Waals surface area contributed by atoms with E-state index in [4.69, 9.17) is 15.2 Å². The number of nitrogens with zero attached hydrogens (tertiary/aromatic N) is 3. The first-order valence-electron chi connectivity index (χ1n) is 6.66. The Morgan fingerprint density at radius 3 is 3.05 bits per heavy atom. The number of anilines is 1. The van der Waals surface area contributed by atoms with E-state index in [-0.39, 0.29) is 12.1 Å². The zero-order valence-electron chi connectivity index (χ0n) is 11.7. The molecule has 0 bridgehead atoms. The number of nitrogens with one attached hydrogen (secondary N) is 1. The van der Waals surface area contributed by atoms with Crippen LogP contribution >= 0.6 is 0 Å². The Balaban J connectivity index is 2.10. The maximum absolute atomic E-state index is 11.8. The molecule has 0 aliphatic carbocycles. The number of aromatic amines is 1. The summed E-state index contributed by atoms with van der Waals surface area (Å²) in [5, 5.41) is 14.2. The lowest BCUT2D eigenvalue weighted by molar-refractivity contribution is -0.0115. The number of aliphatic hydroxyl groups excluding tert-OH is 1. The summed E-state index contributed by atoms with van der Waals surface area (Å²) < 4.78 is 12.3. The van der Waals surface area contributed by atoms with E-state index in [0.29, 0.717) is 17.6 Å². The molecule has 1 aliphatic heterocycles. The van der Waals surface area contributed by atoms with E-state index in [9.17, 15) is 9.90 Å². The standard InChI is InChI=1S/C12H17N5O4/c1-3-6-7(18)9(20-2)8(21-6)5-4-14-17-10(5)15-11(13)16-12(17)19/h4,6-9,18H,3H2,1-2H3,(H3,13,15,16,19). The Morgan fingerprint density at radius 1 is 1.62 bits per heavy atom. The first-order valence-corrected chi connectivity index (χ1v) is 6.66. The van der Waals surface area contributed by atoms with Gasteiger partial charge in [0.2, 0.25) is 5.95 Å². The highest BCUT2D eigenvalue weighted by Gasteiger charge is 2.45. The molecule has 0 aromatic carbocycles. The molecule has 2 aromatic rings. The quantitative estimate of drug-likeness (QED) is 0.678. The minimum atomic E-state index is -0.751. The highest BCUT2D eigenvalue weighted by atomic mass is 16.6. The normalized spacial score (nSPS) is 29.3. The summed E-state index contributed by atoms with van der Waals surface area (Å²) in [6.45, 7) is 1.92. The Kier molecular flexibility index (Phi) is 3.40. The number of H-pyrrole nitrogens is 1. The van der Waals surface area contributed by atoms with E-state index < -0.39 is 24.0 Å². The van der Waals surface area contributed by atoms with Crippen LogP contribution < -0.4 is 11.4 Å². The van der Waals surface area contributed by atoms with Crippen molar-refractivity contribution in [3.8, 4) is 0 Å². The number of methoxy groups -OCH3 is 1. The van der Waals surface area contributed by atoms with Crippen molar-refractivity contribution in [3.63, 3.8) is 0 Å². The minimum Gasteiger partial charge on any atom is -0.388 e. The van der Waals surface area contributed by atoms with Crippen LogP contribution in [0.25, 0.3) is 5.65 Å². The van der Waals surface area contributed by atoms with Gasteiger partial charge >= 0.3 is 5.69 Å². The molecule has 9 nitrogen and oxygen atoms in total. The zero-order valence-corrected chi connectivity index (χ0v) is 11.7. The van der Waals surface area contributed by atoms with Crippen LogP contribution in [-0.4, -0.2) is 50.1 Å². The molecule has 3 heterocycles. The Hall–Kier alpha value is -1.97. The van der Waals surface area contributed by atoms with Gasteiger partial charge in [0, 0.05) is 12.7 Å². The number of fused-ring (bicyclic) bond motifs is 1. The van der Waals surface area contributed by atoms with Crippen LogP contribution in [0.2, 0.25) is 0 Å². The van der Waals surface area contributed by atoms with Gasteiger partial charge in [0.05, 0.1) is 12.3 Å². The molecule has 114 valence electrons. The summed E-state index contributed by atoms with van der Waals surface area (Å²) >= 11 is 0. The lowest BCUT2D eigenvalue weighted by atomic mass is 10.0. The Morgan fingerprint density at radius 2 is 2.38 bits per heavy atom. The van der Waals surface area contributed by atoms with Gasteiger partial charge in [0.1, 0.15) is 18.3 Å². The number of nitrogens with two attached hydrogens (primary N) is 1. The second-order valence-electron chi connectivity index (χ2n) is 4.96. The smallest absolute Gasteiger partial charge is 0.350 e. The van der Waals surface area contributed by atoms with Crippen LogP contribution in [0, 0.1) is 0 Å². The molecular weight excluding hydrogens is 278 g/mol. The van der Waals surface area contributed by atoms with E-state index in [0.717, 1.165) is 4.52 Å². The third-order valence-electron chi connectivity index (χ3n) is 3.74. The predicted octanol–water partition coefficient (Wildman–Crippen LogP) is -0.774. The fourth-order valence-electron chi connectivity index (χ4n) is 2.71. The van der Waals surface area contributed by atoms with Crippen LogP contribution in [0.1, 0.15) is 25.0 Å². The van der Waals surface area contributed by atoms with Gasteiger partial charge in [0.15, 0.2) is 5.65 Å². The number of aromatic nitrogens is 4. The number of hydrogen-bond donors (Lipinski definition) is 3. The molecule has 1 fully saturated rings. The molecule has 0 radical (unpaired) electrons. The van der Waals surface area contributed by atoms with Crippen LogP contribution in [0.3, 0.4) is 0 Å². The third kappa shape index (κ3) is 2.09. The minimum absolute atomic E-state index is 0.00574. The zero-order chi connectivity index (χ0) is 15.1. The molecule has 21 heavy (non-hydrogen) atoms. The SMILES string of the molecule is CCC1OC(c2cnn3c(=O)[nH]c(N)nc23)C(OC)C1O. The van der Waals surface area contributed by atoms with Crippen molar-refractivity contribution >= 4 is 11.6 Å². The fraction of sp³-hybridized carbons (Fsp3) is 0.583. The van der Waals surface area contributed by atoms with Crippen LogP contribution in [0.5, 0.6) is 0 Å². The average Bonchev–Trinajstić information content (AvgIpc) is 2.99. The Bertz CT molecular complexity index is 711. The molecule has 2 aromatic heterocycles. The molecule has 4 N–H and O–H groups in total. The maximum atomic E-state index is 11.8. The summed E-state index contributed by atoms with van der Waals surface area (Å²) in [5.74, 6) is -0.00574. The Labute approximate surface area is 119 Å². The van der Waals surface area contributed by atoms with Crippen molar-refractivity contribution in [1.29, 1.82) is 0 Å². The molecular formula is C12H17N5O4. The lowest BCUT2D eigenvalue weighted by Crippen LogP contribution is -2.31. The molecule has 0 spiro atoms. The molecule has 3 rings (SSSR count). The van der Waals surface area contributed by atoms with Gasteiger partial charge in [-0.2, -0.15) is 14.6 Å². The maximum Gasteiger partial charge on any atom is 0.350 e. The first-order chi connectivity index (χ1) is 10.1. The summed E-state index contributed by atoms with van der Waals surface area (Å²) in [6, 6.07) is 0. The summed E-state index contributed by atoms with van der Waals surface area (Å²) in [5.41, 5.74) is 5.95. The topological polar surface area (TPSA) is 128 Å². The van der Waals surface area contributed by atoms with Gasteiger partial charge in [-0.3, -0.25) is 4.98 Å². The second kappa shape index (κ2) is 5.10. The third-order valence-corrected chi connectivity index (χ3v) is 3.74. The average molecular weight is 295 g/mol. The summed E-state index contributed by atoms with van der Waals surface area (Å²) in [6.07, 6.45) is -0.0642. The van der Waals surface area contributed by atoms with Gasteiger partial charge in [-0.05, 0) is 6.42 Å². The number of nitrogen functional groups attached to an aromatic ring is 1. The van der Waals surface area contributed by atoms with Gasteiger partial charge in [-0.15, -0.1) is 0 Å². The van der Waals surface area contributed by atoms with Crippen molar-refractivity contribution < 1.29 is 14.6 Å². The van der Waals surface area contributed by atoms with Crippen molar-refractivity contribution in [2.45, 2.75) is 37.8 Å². The molecule has 0 saturated carbocycles. The number of hydrogen-bond acceptors (Lipinski definition) is 7. The highest BCUT2D eigenvalue weighted by Crippen LogP contribution is 2.37. The van der Waals surface area contributed by atoms with Crippen molar-refractivity contribution in [3.05, 3.63) is 22.2 Å². The second-order valence-corrected chi connectivity index (χ2v) is 4.96. The molecule has 0 amide bonds. The molecule has 9 heteroatoms. The van der Waals surface area contributed by atoms with E-state index >= 15 is 0 Å². The van der Waals surface area contributed by atoms with Gasteiger partial charge in [-0.25, -0.2) is 4.79 Å². The van der Waals surface area contributed by atoms with Gasteiger partial charge in [0.25, 0.3) is 0 Å². The van der Waals surface area contributed by atoms with E-state index in [1.165, 1.54) is 13.3 Å². The van der Waals surface area contributed by atoms with Gasteiger partial charge < -0.3 is 20.3 Å². The van der Waals surface area contributed by atoms with Crippen molar-refractivity contribution in [1.82, 2.24) is 19.6 Å². The summed E-state index contributed by atoms with van der Waals surface area (Å²) in [7, 11) is 1.50. The van der Waals surface area contributed by atoms with E-state index in [1.807, 2.05) is 6.92 Å². The molecule has 4 unspecified atom stereocenters. The van der Waals surface area contributed by atoms with Gasteiger partial charge in [-0.1, -0.05) is 6.92 Å². The molecule has 1 aliphatic rings. The van der Waals surface area contributed by atoms with Crippen LogP contribution in [-0.2, 0) is 9.47 Å². The lowest BCUT2D eigenvalue weighted by Gasteiger charge is -2.17. The van der Waals surface area contributed by atoms with Crippen molar-refractivity contribution in [2.75, 3.05) is 12.8 Å². The predicted molar refractivity (Wildman–Crippen MR) is 72.7 cm³/mol. The number of aliphatic hydroxyl groups is 1. The number of rotatable bonds is 3. The van der Waals surface area contributed by atoms with E-state index in [1.54, 1.807) is 0 Å². The molecule has 4 atom stereocenters. The monoisotopic (exact) mass is 295 g/mol. The first kappa shape index (κ1) is 14.0. The van der Waals surface area contributed by atoms with E-state index in [2.05, 4.69) is 15.1 Å². The van der Waals surface area contributed by atoms with Crippen LogP contribution in [0.15, 0.2) is 11.0 Å². The number of ether oxygens (including phenoxy) is 2. The largest absolute Gasteiger partial charge is 0.388 e. The highest BCUT2D eigenvalue weighted by molar-refractivity contribution is 5.50. The van der Waals surface area contributed by atoms with Crippen LogP contribution in [0.4, 0.5) is 5.95 Å². The fourth-order valence-corrected chi connectivity index (χ4v) is 2.71.